The highest BCUT2D eigenvalue weighted by atomic mass is 16.5. The van der Waals surface area contributed by atoms with Gasteiger partial charge in [-0.3, -0.25) is 0 Å². The topological polar surface area (TPSA) is 44.5 Å². The molecule has 2 N–H and O–H groups in total. The monoisotopic (exact) mass is 203 g/mol. The van der Waals surface area contributed by atoms with Gasteiger partial charge in [0.15, 0.2) is 11.5 Å². The number of fused-ring (bicyclic) bond motifs is 1. The Hall–Kier alpha value is -1.90. The van der Waals surface area contributed by atoms with Crippen LogP contribution in [0.4, 0.5) is 5.69 Å². The van der Waals surface area contributed by atoms with Crippen LogP contribution in [0, 0.1) is 0 Å². The molecule has 0 aliphatic carbocycles. The van der Waals surface area contributed by atoms with Gasteiger partial charge in [-0.05, 0) is 11.5 Å². The molecule has 0 heterocycles. The SMILES string of the molecule is COc1cc2ccccc2c(N)c1OC. The summed E-state index contributed by atoms with van der Waals surface area (Å²) in [6.45, 7) is 0. The molecule has 3 heteroatoms. The minimum Gasteiger partial charge on any atom is -0.493 e. The van der Waals surface area contributed by atoms with E-state index in [1.54, 1.807) is 14.2 Å². The average Bonchev–Trinajstić information content (AvgIpc) is 2.29. The number of nitrogens with two attached hydrogens (primary N) is 1. The van der Waals surface area contributed by atoms with Gasteiger partial charge in [0.25, 0.3) is 0 Å². The van der Waals surface area contributed by atoms with Gasteiger partial charge in [0.1, 0.15) is 0 Å². The Bertz CT molecular complexity index is 494. The van der Waals surface area contributed by atoms with E-state index in [0.29, 0.717) is 17.2 Å². The van der Waals surface area contributed by atoms with E-state index in [2.05, 4.69) is 0 Å². The first-order valence-corrected chi connectivity index (χ1v) is 4.67. The molecular formula is C12H13NO2. The Labute approximate surface area is 88.4 Å². The molecule has 2 aromatic rings. The number of anilines is 1. The summed E-state index contributed by atoms with van der Waals surface area (Å²) in [6, 6.07) is 9.79. The molecule has 78 valence electrons. The molecule has 2 rings (SSSR count). The van der Waals surface area contributed by atoms with Crippen molar-refractivity contribution >= 4 is 16.5 Å². The number of methoxy groups -OCH3 is 2. The van der Waals surface area contributed by atoms with Gasteiger partial charge in [-0.1, -0.05) is 24.3 Å². The maximum absolute atomic E-state index is 6.00. The van der Waals surface area contributed by atoms with Crippen LogP contribution >= 0.6 is 0 Å². The third-order valence-electron chi connectivity index (χ3n) is 2.43. The van der Waals surface area contributed by atoms with Crippen molar-refractivity contribution in [3.05, 3.63) is 30.3 Å². The van der Waals surface area contributed by atoms with Crippen LogP contribution in [0.15, 0.2) is 30.3 Å². The van der Waals surface area contributed by atoms with E-state index in [1.807, 2.05) is 30.3 Å². The van der Waals surface area contributed by atoms with E-state index in [-0.39, 0.29) is 0 Å². The normalized spacial score (nSPS) is 10.3. The van der Waals surface area contributed by atoms with Gasteiger partial charge in [0.05, 0.1) is 19.9 Å². The fourth-order valence-corrected chi connectivity index (χ4v) is 1.69. The van der Waals surface area contributed by atoms with E-state index in [4.69, 9.17) is 15.2 Å². The molecule has 0 unspecified atom stereocenters. The smallest absolute Gasteiger partial charge is 0.184 e. The molecule has 0 aromatic heterocycles. The second kappa shape index (κ2) is 3.69. The lowest BCUT2D eigenvalue weighted by atomic mass is 10.1. The molecule has 0 aliphatic rings. The van der Waals surface area contributed by atoms with Crippen molar-refractivity contribution in [3.8, 4) is 11.5 Å². The van der Waals surface area contributed by atoms with Gasteiger partial charge in [-0.15, -0.1) is 0 Å². The maximum atomic E-state index is 6.00. The Kier molecular flexibility index (Phi) is 2.37. The molecule has 0 spiro atoms. The van der Waals surface area contributed by atoms with Gasteiger partial charge in [0.2, 0.25) is 0 Å². The summed E-state index contributed by atoms with van der Waals surface area (Å²) in [4.78, 5) is 0. The van der Waals surface area contributed by atoms with E-state index >= 15 is 0 Å². The van der Waals surface area contributed by atoms with Gasteiger partial charge in [0, 0.05) is 5.39 Å². The number of ether oxygens (including phenoxy) is 2. The summed E-state index contributed by atoms with van der Waals surface area (Å²) in [7, 11) is 3.19. The largest absolute Gasteiger partial charge is 0.493 e. The molecule has 0 bridgehead atoms. The standard InChI is InChI=1S/C12H13NO2/c1-14-10-7-8-5-3-4-6-9(8)11(13)12(10)15-2/h3-7H,13H2,1-2H3. The van der Waals surface area contributed by atoms with Crippen molar-refractivity contribution in [3.63, 3.8) is 0 Å². The fraction of sp³-hybridized carbons (Fsp3) is 0.167. The van der Waals surface area contributed by atoms with Crippen molar-refractivity contribution in [1.29, 1.82) is 0 Å². The molecule has 0 saturated heterocycles. The lowest BCUT2D eigenvalue weighted by Gasteiger charge is -2.12. The second-order valence-electron chi connectivity index (χ2n) is 3.25. The minimum absolute atomic E-state index is 0.594. The zero-order chi connectivity index (χ0) is 10.8. The number of rotatable bonds is 2. The second-order valence-corrected chi connectivity index (χ2v) is 3.25. The van der Waals surface area contributed by atoms with Crippen LogP contribution in [0.5, 0.6) is 11.5 Å². The van der Waals surface area contributed by atoms with E-state index in [9.17, 15) is 0 Å². The zero-order valence-corrected chi connectivity index (χ0v) is 8.78. The fourth-order valence-electron chi connectivity index (χ4n) is 1.69. The highest BCUT2D eigenvalue weighted by molar-refractivity contribution is 5.97. The van der Waals surface area contributed by atoms with Crippen LogP contribution in [-0.2, 0) is 0 Å². The van der Waals surface area contributed by atoms with Gasteiger partial charge < -0.3 is 15.2 Å². The highest BCUT2D eigenvalue weighted by Crippen LogP contribution is 2.39. The number of hydrogen-bond acceptors (Lipinski definition) is 3. The van der Waals surface area contributed by atoms with E-state index in [1.165, 1.54) is 0 Å². The molecule has 0 atom stereocenters. The summed E-state index contributed by atoms with van der Waals surface area (Å²) in [5.41, 5.74) is 6.62. The average molecular weight is 203 g/mol. The number of benzene rings is 2. The summed E-state index contributed by atoms with van der Waals surface area (Å²) in [5, 5.41) is 2.03. The molecular weight excluding hydrogens is 190 g/mol. The Morgan fingerprint density at radius 1 is 1.07 bits per heavy atom. The third kappa shape index (κ3) is 1.46. The number of hydrogen-bond donors (Lipinski definition) is 1. The third-order valence-corrected chi connectivity index (χ3v) is 2.43. The van der Waals surface area contributed by atoms with Gasteiger partial charge >= 0.3 is 0 Å². The van der Waals surface area contributed by atoms with Crippen molar-refractivity contribution in [2.75, 3.05) is 20.0 Å². The molecule has 2 aromatic carbocycles. The quantitative estimate of drug-likeness (QED) is 0.762. The van der Waals surface area contributed by atoms with E-state index in [0.717, 1.165) is 10.8 Å². The predicted molar refractivity (Wildman–Crippen MR) is 61.5 cm³/mol. The van der Waals surface area contributed by atoms with E-state index < -0.39 is 0 Å². The number of nitrogen functional groups attached to an aromatic ring is 1. The molecule has 0 saturated carbocycles. The van der Waals surface area contributed by atoms with Crippen molar-refractivity contribution in [1.82, 2.24) is 0 Å². The Morgan fingerprint density at radius 2 is 1.80 bits per heavy atom. The summed E-state index contributed by atoms with van der Waals surface area (Å²) in [6.07, 6.45) is 0. The first-order chi connectivity index (χ1) is 7.27. The predicted octanol–water partition coefficient (Wildman–Crippen LogP) is 2.44. The first-order valence-electron chi connectivity index (χ1n) is 4.67. The van der Waals surface area contributed by atoms with Crippen LogP contribution in [-0.4, -0.2) is 14.2 Å². The van der Waals surface area contributed by atoms with Gasteiger partial charge in [-0.25, -0.2) is 0 Å². The molecule has 0 aliphatic heterocycles. The van der Waals surface area contributed by atoms with Crippen molar-refractivity contribution < 1.29 is 9.47 Å². The Balaban J connectivity index is 2.81. The van der Waals surface area contributed by atoms with Crippen LogP contribution in [0.1, 0.15) is 0 Å². The molecule has 15 heavy (non-hydrogen) atoms. The lowest BCUT2D eigenvalue weighted by Crippen LogP contribution is -1.97. The first kappa shape index (κ1) is 9.65. The summed E-state index contributed by atoms with van der Waals surface area (Å²) < 4.78 is 10.4. The minimum atomic E-state index is 0.594. The molecule has 3 nitrogen and oxygen atoms in total. The summed E-state index contributed by atoms with van der Waals surface area (Å²) in [5.74, 6) is 1.25. The van der Waals surface area contributed by atoms with Crippen LogP contribution in [0.3, 0.4) is 0 Å². The molecule has 0 radical (unpaired) electrons. The van der Waals surface area contributed by atoms with Crippen molar-refractivity contribution in [2.24, 2.45) is 0 Å². The van der Waals surface area contributed by atoms with Crippen LogP contribution in [0.2, 0.25) is 0 Å². The lowest BCUT2D eigenvalue weighted by molar-refractivity contribution is 0.357. The molecule has 0 fully saturated rings. The Morgan fingerprint density at radius 3 is 2.47 bits per heavy atom. The maximum Gasteiger partial charge on any atom is 0.184 e. The van der Waals surface area contributed by atoms with Crippen LogP contribution in [0.25, 0.3) is 10.8 Å². The highest BCUT2D eigenvalue weighted by Gasteiger charge is 2.11. The zero-order valence-electron chi connectivity index (χ0n) is 8.78. The van der Waals surface area contributed by atoms with Crippen LogP contribution < -0.4 is 15.2 Å². The molecule has 0 amide bonds. The summed E-state index contributed by atoms with van der Waals surface area (Å²) >= 11 is 0. The van der Waals surface area contributed by atoms with Crippen molar-refractivity contribution in [2.45, 2.75) is 0 Å². The van der Waals surface area contributed by atoms with Gasteiger partial charge in [-0.2, -0.15) is 0 Å².